The van der Waals surface area contributed by atoms with Crippen LogP contribution in [0.15, 0.2) is 10.9 Å². The summed E-state index contributed by atoms with van der Waals surface area (Å²) in [5.74, 6) is 0.284. The molecular formula is C8H9N3OS. The maximum Gasteiger partial charge on any atom is 0.260 e. The summed E-state index contributed by atoms with van der Waals surface area (Å²) in [6.07, 6.45) is 0. The number of aromatic nitrogens is 2. The third-order valence-electron chi connectivity index (χ3n) is 2.00. The zero-order valence-corrected chi connectivity index (χ0v) is 8.18. The molecule has 0 radical (unpaired) electrons. The maximum absolute atomic E-state index is 11.5. The first-order chi connectivity index (χ1) is 6.09. The highest BCUT2D eigenvalue weighted by Crippen LogP contribution is 2.18. The van der Waals surface area contributed by atoms with E-state index in [0.717, 1.165) is 10.6 Å². The zero-order chi connectivity index (χ0) is 9.59. The molecule has 2 aromatic rings. The highest BCUT2D eigenvalue weighted by Gasteiger charge is 2.07. The van der Waals surface area contributed by atoms with Crippen LogP contribution >= 0.6 is 11.3 Å². The van der Waals surface area contributed by atoms with Gasteiger partial charge in [-0.25, -0.2) is 4.98 Å². The van der Waals surface area contributed by atoms with Gasteiger partial charge in [-0.3, -0.25) is 9.20 Å². The largest absolute Gasteiger partial charge is 0.383 e. The van der Waals surface area contributed by atoms with E-state index in [4.69, 9.17) is 5.73 Å². The lowest BCUT2D eigenvalue weighted by Crippen LogP contribution is -2.14. The Labute approximate surface area is 78.7 Å². The van der Waals surface area contributed by atoms with Crippen molar-refractivity contribution in [2.75, 3.05) is 5.73 Å². The fourth-order valence-electron chi connectivity index (χ4n) is 1.22. The summed E-state index contributed by atoms with van der Waals surface area (Å²) < 4.78 is 1.58. The van der Waals surface area contributed by atoms with Crippen LogP contribution in [0.3, 0.4) is 0 Å². The monoisotopic (exact) mass is 195 g/mol. The molecule has 0 aliphatic rings. The van der Waals surface area contributed by atoms with E-state index in [1.807, 2.05) is 13.8 Å². The number of nitrogens with zero attached hydrogens (tertiary/aromatic N) is 2. The van der Waals surface area contributed by atoms with Crippen molar-refractivity contribution in [1.29, 1.82) is 0 Å². The van der Waals surface area contributed by atoms with Crippen molar-refractivity contribution >= 4 is 22.1 Å². The Morgan fingerprint density at radius 1 is 1.54 bits per heavy atom. The van der Waals surface area contributed by atoms with Crippen LogP contribution in [0, 0.1) is 13.8 Å². The van der Waals surface area contributed by atoms with E-state index in [2.05, 4.69) is 4.98 Å². The SMILES string of the molecule is Cc1sc2nc(N)cc(=O)n2c1C. The average Bonchev–Trinajstić information content (AvgIpc) is 2.27. The number of aryl methyl sites for hydroxylation is 2. The third kappa shape index (κ3) is 1.12. The van der Waals surface area contributed by atoms with Gasteiger partial charge in [0.25, 0.3) is 5.56 Å². The van der Waals surface area contributed by atoms with Gasteiger partial charge in [0.15, 0.2) is 4.96 Å². The Hall–Kier alpha value is -1.36. The fourth-order valence-corrected chi connectivity index (χ4v) is 2.21. The second kappa shape index (κ2) is 2.56. The molecule has 2 N–H and O–H groups in total. The molecule has 0 spiro atoms. The van der Waals surface area contributed by atoms with Gasteiger partial charge in [-0.15, -0.1) is 11.3 Å². The first kappa shape index (κ1) is 8.25. The molecule has 0 atom stereocenters. The molecule has 5 heteroatoms. The lowest BCUT2D eigenvalue weighted by Gasteiger charge is -1.95. The number of fused-ring (bicyclic) bond motifs is 1. The van der Waals surface area contributed by atoms with Crippen molar-refractivity contribution in [3.05, 3.63) is 27.0 Å². The van der Waals surface area contributed by atoms with E-state index in [-0.39, 0.29) is 11.4 Å². The molecule has 0 unspecified atom stereocenters. The summed E-state index contributed by atoms with van der Waals surface area (Å²) >= 11 is 1.48. The number of hydrogen-bond acceptors (Lipinski definition) is 4. The van der Waals surface area contributed by atoms with Gasteiger partial charge in [0.05, 0.1) is 0 Å². The molecule has 0 aliphatic heterocycles. The molecule has 2 heterocycles. The van der Waals surface area contributed by atoms with Gasteiger partial charge in [-0.05, 0) is 13.8 Å². The van der Waals surface area contributed by atoms with Crippen LogP contribution in [0.2, 0.25) is 0 Å². The van der Waals surface area contributed by atoms with Gasteiger partial charge in [-0.1, -0.05) is 0 Å². The molecule has 0 saturated carbocycles. The first-order valence-electron chi connectivity index (χ1n) is 3.85. The minimum atomic E-state index is -0.107. The molecule has 0 saturated heterocycles. The summed E-state index contributed by atoms with van der Waals surface area (Å²) in [7, 11) is 0. The molecule has 2 rings (SSSR count). The van der Waals surface area contributed by atoms with Gasteiger partial charge in [-0.2, -0.15) is 0 Å². The minimum Gasteiger partial charge on any atom is -0.383 e. The predicted molar refractivity (Wildman–Crippen MR) is 53.2 cm³/mol. The summed E-state index contributed by atoms with van der Waals surface area (Å²) in [6, 6.07) is 1.34. The van der Waals surface area contributed by atoms with Crippen LogP contribution < -0.4 is 11.3 Å². The maximum atomic E-state index is 11.5. The molecule has 68 valence electrons. The van der Waals surface area contributed by atoms with Gasteiger partial charge < -0.3 is 5.73 Å². The third-order valence-corrected chi connectivity index (χ3v) is 3.06. The smallest absolute Gasteiger partial charge is 0.260 e. The van der Waals surface area contributed by atoms with Crippen LogP contribution in [0.25, 0.3) is 4.96 Å². The van der Waals surface area contributed by atoms with Gasteiger partial charge in [0.1, 0.15) is 5.82 Å². The van der Waals surface area contributed by atoms with E-state index in [1.54, 1.807) is 4.40 Å². The topological polar surface area (TPSA) is 60.4 Å². The minimum absolute atomic E-state index is 0.107. The van der Waals surface area contributed by atoms with Gasteiger partial charge in [0.2, 0.25) is 0 Å². The van der Waals surface area contributed by atoms with E-state index >= 15 is 0 Å². The second-order valence-corrected chi connectivity index (χ2v) is 4.06. The van der Waals surface area contributed by atoms with Gasteiger partial charge in [0, 0.05) is 16.6 Å². The van der Waals surface area contributed by atoms with E-state index in [0.29, 0.717) is 4.96 Å². The number of thiazole rings is 1. The van der Waals surface area contributed by atoms with Crippen LogP contribution in [-0.2, 0) is 0 Å². The number of anilines is 1. The molecule has 13 heavy (non-hydrogen) atoms. The molecular weight excluding hydrogens is 186 g/mol. The van der Waals surface area contributed by atoms with Gasteiger partial charge >= 0.3 is 0 Å². The molecule has 0 bridgehead atoms. The normalized spacial score (nSPS) is 10.9. The number of rotatable bonds is 0. The van der Waals surface area contributed by atoms with E-state index < -0.39 is 0 Å². The molecule has 0 fully saturated rings. The predicted octanol–water partition coefficient (Wildman–Crippen LogP) is 0.955. The quantitative estimate of drug-likeness (QED) is 0.681. The Morgan fingerprint density at radius 2 is 2.23 bits per heavy atom. The van der Waals surface area contributed by atoms with Crippen molar-refractivity contribution in [2.45, 2.75) is 13.8 Å². The first-order valence-corrected chi connectivity index (χ1v) is 4.66. The standard InChI is InChI=1S/C8H9N3OS/c1-4-5(2)13-8-10-6(9)3-7(12)11(4)8/h3H,9H2,1-2H3. The fraction of sp³-hybridized carbons (Fsp3) is 0.250. The summed E-state index contributed by atoms with van der Waals surface area (Å²) in [5.41, 5.74) is 6.30. The molecule has 0 aliphatic carbocycles. The Morgan fingerprint density at radius 3 is 2.92 bits per heavy atom. The van der Waals surface area contributed by atoms with E-state index in [1.165, 1.54) is 17.4 Å². The number of nitrogens with two attached hydrogens (primary N) is 1. The van der Waals surface area contributed by atoms with Crippen molar-refractivity contribution in [1.82, 2.24) is 9.38 Å². The highest BCUT2D eigenvalue weighted by atomic mass is 32.1. The Balaban J connectivity index is 3.03. The number of nitrogen functional groups attached to an aromatic ring is 1. The van der Waals surface area contributed by atoms with Crippen molar-refractivity contribution in [3.8, 4) is 0 Å². The van der Waals surface area contributed by atoms with E-state index in [9.17, 15) is 4.79 Å². The zero-order valence-electron chi connectivity index (χ0n) is 7.37. The second-order valence-electron chi connectivity index (χ2n) is 2.88. The highest BCUT2D eigenvalue weighted by molar-refractivity contribution is 7.17. The summed E-state index contributed by atoms with van der Waals surface area (Å²) in [5, 5.41) is 0. The summed E-state index contributed by atoms with van der Waals surface area (Å²) in [4.78, 5) is 17.3. The van der Waals surface area contributed by atoms with Crippen LogP contribution in [0.5, 0.6) is 0 Å². The Kier molecular flexibility index (Phi) is 1.63. The molecule has 4 nitrogen and oxygen atoms in total. The van der Waals surface area contributed by atoms with Crippen molar-refractivity contribution in [2.24, 2.45) is 0 Å². The summed E-state index contributed by atoms with van der Waals surface area (Å²) in [6.45, 7) is 3.86. The average molecular weight is 195 g/mol. The molecule has 0 aromatic carbocycles. The molecule has 0 amide bonds. The van der Waals surface area contributed by atoms with Crippen LogP contribution in [0.1, 0.15) is 10.6 Å². The lowest BCUT2D eigenvalue weighted by molar-refractivity contribution is 1.02. The lowest BCUT2D eigenvalue weighted by atomic mass is 10.4. The Bertz CT molecular complexity index is 526. The number of hydrogen-bond donors (Lipinski definition) is 1. The van der Waals surface area contributed by atoms with Crippen molar-refractivity contribution < 1.29 is 0 Å². The van der Waals surface area contributed by atoms with Crippen molar-refractivity contribution in [3.63, 3.8) is 0 Å². The molecule has 2 aromatic heterocycles. The van der Waals surface area contributed by atoms with Crippen LogP contribution in [-0.4, -0.2) is 9.38 Å². The van der Waals surface area contributed by atoms with Crippen LogP contribution in [0.4, 0.5) is 5.82 Å².